The number of unbranched alkanes of at least 4 members (excludes halogenated alkanes) is 3. The molecule has 2 N–H and O–H groups in total. The van der Waals surface area contributed by atoms with Crippen LogP contribution in [0.25, 0.3) is 45.6 Å². The summed E-state index contributed by atoms with van der Waals surface area (Å²) in [6, 6.07) is 35.2. The van der Waals surface area contributed by atoms with Crippen LogP contribution in [-0.2, 0) is 13.1 Å². The molecule has 0 amide bonds. The van der Waals surface area contributed by atoms with Gasteiger partial charge in [0.25, 0.3) is 0 Å². The fourth-order valence-electron chi connectivity index (χ4n) is 5.82. The number of rotatable bonds is 17. The van der Waals surface area contributed by atoms with E-state index in [1.807, 2.05) is 109 Å². The summed E-state index contributed by atoms with van der Waals surface area (Å²) in [5.74, 6) is 5.49. The van der Waals surface area contributed by atoms with Crippen molar-refractivity contribution in [2.45, 2.75) is 38.8 Å². The van der Waals surface area contributed by atoms with Crippen LogP contribution in [0, 0.1) is 0 Å². The fourth-order valence-corrected chi connectivity index (χ4v) is 5.82. The molecule has 0 radical (unpaired) electrons. The SMILES string of the molecule is c1ccc(-c2nnnn2Cc2nc(-c3ccc(OCCCCCCOc4ccc(-c5n[nH]c(Cn6nnnc6-c6ccccc6)n5)cc4)cc3)n[nH]2)cc1. The lowest BCUT2D eigenvalue weighted by Gasteiger charge is -2.08. The normalized spacial score (nSPS) is 11.2. The predicted molar refractivity (Wildman–Crippen MR) is 198 cm³/mol. The molecule has 8 aromatic rings. The first-order valence-corrected chi connectivity index (χ1v) is 17.7. The lowest BCUT2D eigenvalue weighted by molar-refractivity contribution is 0.287. The van der Waals surface area contributed by atoms with Crippen molar-refractivity contribution >= 4 is 0 Å². The summed E-state index contributed by atoms with van der Waals surface area (Å²) in [4.78, 5) is 9.28. The van der Waals surface area contributed by atoms with E-state index in [9.17, 15) is 0 Å². The van der Waals surface area contributed by atoms with Crippen LogP contribution in [0.2, 0.25) is 0 Å². The molecule has 54 heavy (non-hydrogen) atoms. The lowest BCUT2D eigenvalue weighted by atomic mass is 10.2. The zero-order valence-electron chi connectivity index (χ0n) is 29.2. The van der Waals surface area contributed by atoms with E-state index in [0.29, 0.717) is 61.2 Å². The zero-order valence-corrected chi connectivity index (χ0v) is 29.2. The Morgan fingerprint density at radius 3 is 1.31 bits per heavy atom. The lowest BCUT2D eigenvalue weighted by Crippen LogP contribution is -2.06. The molecular weight excluding hydrogens is 685 g/mol. The van der Waals surface area contributed by atoms with Crippen LogP contribution in [0.15, 0.2) is 109 Å². The van der Waals surface area contributed by atoms with Crippen LogP contribution >= 0.6 is 0 Å². The Balaban J connectivity index is 0.720. The topological polar surface area (TPSA) is 189 Å². The summed E-state index contributed by atoms with van der Waals surface area (Å²) in [6.45, 7) is 2.04. The van der Waals surface area contributed by atoms with Crippen LogP contribution in [0.5, 0.6) is 11.5 Å². The molecule has 270 valence electrons. The molecule has 4 heterocycles. The molecule has 16 heteroatoms. The van der Waals surface area contributed by atoms with Gasteiger partial charge in [0.2, 0.25) is 0 Å². The van der Waals surface area contributed by atoms with Crippen molar-refractivity contribution in [2.75, 3.05) is 13.2 Å². The van der Waals surface area contributed by atoms with Crippen molar-refractivity contribution in [3.05, 3.63) is 121 Å². The maximum Gasteiger partial charge on any atom is 0.182 e. The van der Waals surface area contributed by atoms with Crippen LogP contribution in [0.3, 0.4) is 0 Å². The predicted octanol–water partition coefficient (Wildman–Crippen LogP) is 5.68. The van der Waals surface area contributed by atoms with Crippen molar-refractivity contribution < 1.29 is 9.47 Å². The minimum atomic E-state index is 0.374. The second kappa shape index (κ2) is 16.5. The van der Waals surface area contributed by atoms with Gasteiger partial charge < -0.3 is 9.47 Å². The van der Waals surface area contributed by atoms with E-state index in [4.69, 9.17) is 9.47 Å². The van der Waals surface area contributed by atoms with Gasteiger partial charge in [-0.1, -0.05) is 60.7 Å². The molecule has 4 aromatic heterocycles. The molecule has 0 aliphatic heterocycles. The Kier molecular flexibility index (Phi) is 10.4. The van der Waals surface area contributed by atoms with E-state index in [0.717, 1.165) is 59.4 Å². The summed E-state index contributed by atoms with van der Waals surface area (Å²) in [5, 5.41) is 39.0. The minimum absolute atomic E-state index is 0.374. The number of hydrogen-bond donors (Lipinski definition) is 2. The Morgan fingerprint density at radius 1 is 0.463 bits per heavy atom. The average molecular weight is 721 g/mol. The highest BCUT2D eigenvalue weighted by Crippen LogP contribution is 2.23. The molecule has 0 aliphatic rings. The van der Waals surface area contributed by atoms with E-state index in [1.165, 1.54) is 0 Å². The molecule has 0 bridgehead atoms. The number of aromatic nitrogens is 14. The van der Waals surface area contributed by atoms with E-state index >= 15 is 0 Å². The second-order valence-electron chi connectivity index (χ2n) is 12.4. The van der Waals surface area contributed by atoms with E-state index in [-0.39, 0.29) is 0 Å². The maximum atomic E-state index is 5.97. The molecule has 8 rings (SSSR count). The maximum absolute atomic E-state index is 5.97. The Hall–Kier alpha value is -7.10. The smallest absolute Gasteiger partial charge is 0.182 e. The standard InChI is InChI=1S/C38H36N14O2/c1(9-23-53-31-19-15-27(16-20-31)35-39-33(41-43-35)25-51-37(45-47-49-51)29-11-5-3-6-12-29)2-10-24-54-32-21-17-28(18-22-32)36-40-34(42-44-36)26-52-38(46-48-50-52)30-13-7-4-8-14-30/h3-8,11-22H,1-2,9-10,23-26H2,(H,39,41,43)(H,40,42,44). The number of hydrogen-bond acceptors (Lipinski definition) is 12. The van der Waals surface area contributed by atoms with Gasteiger partial charge in [-0.05, 0) is 95.1 Å². The molecule has 0 fully saturated rings. The van der Waals surface area contributed by atoms with Crippen molar-refractivity contribution in [3.8, 4) is 57.1 Å². The zero-order chi connectivity index (χ0) is 36.4. The van der Waals surface area contributed by atoms with Gasteiger partial charge in [-0.25, -0.2) is 19.3 Å². The number of nitrogens with zero attached hydrogens (tertiary/aromatic N) is 12. The summed E-state index contributed by atoms with van der Waals surface area (Å²) in [5.41, 5.74) is 3.65. The molecule has 0 saturated heterocycles. The monoisotopic (exact) mass is 720 g/mol. The minimum Gasteiger partial charge on any atom is -0.494 e. The van der Waals surface area contributed by atoms with Crippen molar-refractivity contribution in [1.82, 2.24) is 70.8 Å². The molecular formula is C38H36N14O2. The first-order valence-electron chi connectivity index (χ1n) is 17.7. The molecule has 4 aromatic carbocycles. The van der Waals surface area contributed by atoms with Crippen LogP contribution in [-0.4, -0.2) is 84.0 Å². The highest BCUT2D eigenvalue weighted by Gasteiger charge is 2.14. The van der Waals surface area contributed by atoms with E-state index in [1.54, 1.807) is 9.36 Å². The van der Waals surface area contributed by atoms with E-state index in [2.05, 4.69) is 61.4 Å². The van der Waals surface area contributed by atoms with Gasteiger partial charge in [0.05, 0.1) is 13.2 Å². The van der Waals surface area contributed by atoms with Gasteiger partial charge in [0.15, 0.2) is 23.3 Å². The van der Waals surface area contributed by atoms with Gasteiger partial charge in [-0.15, -0.1) is 10.2 Å². The van der Waals surface area contributed by atoms with Gasteiger partial charge >= 0.3 is 0 Å². The number of tetrazole rings is 2. The van der Waals surface area contributed by atoms with Crippen LogP contribution in [0.4, 0.5) is 0 Å². The van der Waals surface area contributed by atoms with Gasteiger partial charge in [-0.3, -0.25) is 10.2 Å². The van der Waals surface area contributed by atoms with Crippen molar-refractivity contribution in [2.24, 2.45) is 0 Å². The molecule has 0 spiro atoms. The highest BCUT2D eigenvalue weighted by atomic mass is 16.5. The van der Waals surface area contributed by atoms with Crippen LogP contribution < -0.4 is 9.47 Å². The summed E-state index contributed by atoms with van der Waals surface area (Å²) in [7, 11) is 0. The molecule has 0 aliphatic carbocycles. The third kappa shape index (κ3) is 8.33. The number of nitrogens with one attached hydrogen (secondary N) is 2. The summed E-state index contributed by atoms with van der Waals surface area (Å²) >= 11 is 0. The number of H-pyrrole nitrogens is 2. The van der Waals surface area contributed by atoms with Crippen molar-refractivity contribution in [1.29, 1.82) is 0 Å². The highest BCUT2D eigenvalue weighted by molar-refractivity contribution is 5.58. The molecule has 0 atom stereocenters. The first kappa shape index (κ1) is 34.0. The fraction of sp³-hybridized carbons (Fsp3) is 0.211. The first-order chi connectivity index (χ1) is 26.7. The van der Waals surface area contributed by atoms with E-state index < -0.39 is 0 Å². The number of aromatic amines is 2. The Bertz CT molecular complexity index is 2180. The van der Waals surface area contributed by atoms with Crippen molar-refractivity contribution in [3.63, 3.8) is 0 Å². The largest absolute Gasteiger partial charge is 0.494 e. The summed E-state index contributed by atoms with van der Waals surface area (Å²) < 4.78 is 15.3. The molecule has 0 saturated carbocycles. The van der Waals surface area contributed by atoms with Gasteiger partial charge in [0.1, 0.15) is 36.2 Å². The van der Waals surface area contributed by atoms with Gasteiger partial charge in [-0.2, -0.15) is 10.2 Å². The quantitative estimate of drug-likeness (QED) is 0.110. The number of ether oxygens (including phenoxy) is 2. The summed E-state index contributed by atoms with van der Waals surface area (Å²) in [6.07, 6.45) is 4.03. The number of benzene rings is 4. The second-order valence-corrected chi connectivity index (χ2v) is 12.4. The molecule has 0 unspecified atom stereocenters. The Labute approximate surface area is 309 Å². The molecule has 16 nitrogen and oxygen atoms in total. The third-order valence-corrected chi connectivity index (χ3v) is 8.59. The Morgan fingerprint density at radius 2 is 0.889 bits per heavy atom. The van der Waals surface area contributed by atoms with Gasteiger partial charge in [0, 0.05) is 22.3 Å². The average Bonchev–Trinajstić information content (AvgIpc) is 4.07. The van der Waals surface area contributed by atoms with Crippen LogP contribution in [0.1, 0.15) is 37.3 Å². The third-order valence-electron chi connectivity index (χ3n) is 8.59.